The molecule has 0 atom stereocenters. The van der Waals surface area contributed by atoms with Crippen molar-refractivity contribution in [3.05, 3.63) is 149 Å². The van der Waals surface area contributed by atoms with Crippen LogP contribution in [0.1, 0.15) is 58.2 Å². The van der Waals surface area contributed by atoms with Crippen molar-refractivity contribution in [2.45, 2.75) is 76.5 Å². The molecule has 0 aliphatic heterocycles. The Morgan fingerprint density at radius 3 is 1.82 bits per heavy atom. The molecule has 8 nitrogen and oxygen atoms in total. The van der Waals surface area contributed by atoms with E-state index in [4.69, 9.17) is 20.8 Å². The van der Waals surface area contributed by atoms with E-state index in [9.17, 15) is 16.8 Å². The van der Waals surface area contributed by atoms with Crippen LogP contribution in [0, 0.1) is 0 Å². The van der Waals surface area contributed by atoms with E-state index >= 15 is 0 Å². The fourth-order valence-corrected chi connectivity index (χ4v) is 14.1. The highest BCUT2D eigenvalue weighted by molar-refractivity contribution is 7.93. The Bertz CT molecular complexity index is 2220. The number of sulfonamides is 2. The van der Waals surface area contributed by atoms with Crippen LogP contribution in [0.25, 0.3) is 0 Å². The molecule has 12 heteroatoms. The Labute approximate surface area is 333 Å². The first-order valence-electron chi connectivity index (χ1n) is 18.3. The molecule has 0 unspecified atom stereocenters. The second kappa shape index (κ2) is 17.4. The van der Waals surface area contributed by atoms with Crippen LogP contribution in [-0.4, -0.2) is 43.1 Å². The van der Waals surface area contributed by atoms with Crippen molar-refractivity contribution >= 4 is 56.0 Å². The number of hydrogen-bond donors (Lipinski definition) is 2. The first-order valence-corrected chi connectivity index (χ1v) is 23.7. The van der Waals surface area contributed by atoms with Crippen LogP contribution in [0.15, 0.2) is 132 Å². The van der Waals surface area contributed by atoms with Crippen molar-refractivity contribution in [3.8, 4) is 5.75 Å². The molecular formula is C43H51ClN2O6S2Si. The number of ether oxygens (including phenoxy) is 1. The standard InChI is InChI=1S/C43H51ClN2O6S2Si/c1-42(2,3)46-54(49,50)41-30-34(32-52-55(43(4,5)6,37-18-12-8-13-19-37)38-20-14-9-15-21-38)22-25-39(41)45-53(47,48)29-27-35-23-24-36(44)31-40(35)51-28-26-33-16-10-7-11-17-33/h7-25,30-31,45-46H,26-29,32H2,1-6H3. The SMILES string of the molecule is CC(C)(C)NS(=O)(=O)c1cc(CO[Si](c2ccccc2)(c2ccccc2)C(C)(C)C)ccc1NS(=O)(=O)CCc1ccc(Cl)cc1OCCc1ccccc1. The minimum Gasteiger partial charge on any atom is -0.493 e. The summed E-state index contributed by atoms with van der Waals surface area (Å²) in [6, 6.07) is 40.1. The van der Waals surface area contributed by atoms with Crippen LogP contribution in [0.2, 0.25) is 10.1 Å². The lowest BCUT2D eigenvalue weighted by Crippen LogP contribution is -2.66. The molecule has 0 amide bonds. The van der Waals surface area contributed by atoms with Crippen LogP contribution >= 0.6 is 11.6 Å². The first-order chi connectivity index (χ1) is 25.9. The van der Waals surface area contributed by atoms with Crippen molar-refractivity contribution in [1.82, 2.24) is 4.72 Å². The van der Waals surface area contributed by atoms with Gasteiger partial charge in [0.1, 0.15) is 10.6 Å². The molecule has 5 aromatic carbocycles. The van der Waals surface area contributed by atoms with Gasteiger partial charge >= 0.3 is 0 Å². The molecule has 0 spiro atoms. The Morgan fingerprint density at radius 1 is 0.673 bits per heavy atom. The predicted octanol–water partition coefficient (Wildman–Crippen LogP) is 8.10. The lowest BCUT2D eigenvalue weighted by atomic mass is 10.1. The summed E-state index contributed by atoms with van der Waals surface area (Å²) in [6.07, 6.45) is 0.783. The number of nitrogens with one attached hydrogen (secondary N) is 2. The maximum absolute atomic E-state index is 14.0. The molecule has 5 aromatic rings. The second-order valence-corrected chi connectivity index (χ2v) is 23.9. The van der Waals surface area contributed by atoms with Gasteiger partial charge in [0.25, 0.3) is 8.32 Å². The third-order valence-corrected chi connectivity index (χ3v) is 17.4. The highest BCUT2D eigenvalue weighted by Gasteiger charge is 2.50. The van der Waals surface area contributed by atoms with E-state index in [1.54, 1.807) is 45.0 Å². The van der Waals surface area contributed by atoms with Gasteiger partial charge in [0.05, 0.1) is 24.7 Å². The van der Waals surface area contributed by atoms with E-state index < -0.39 is 33.9 Å². The average Bonchev–Trinajstić information content (AvgIpc) is 3.12. The fourth-order valence-electron chi connectivity index (χ4n) is 6.63. The van der Waals surface area contributed by atoms with Crippen molar-refractivity contribution in [2.24, 2.45) is 0 Å². The number of rotatable bonds is 16. The van der Waals surface area contributed by atoms with E-state index in [0.717, 1.165) is 15.9 Å². The lowest BCUT2D eigenvalue weighted by molar-refractivity contribution is 0.286. The third kappa shape index (κ3) is 11.1. The molecule has 292 valence electrons. The fraction of sp³-hybridized carbons (Fsp3) is 0.302. The van der Waals surface area contributed by atoms with Gasteiger partial charge in [0, 0.05) is 17.0 Å². The highest BCUT2D eigenvalue weighted by atomic mass is 35.5. The minimum absolute atomic E-state index is 0.0543. The predicted molar refractivity (Wildman–Crippen MR) is 227 cm³/mol. The van der Waals surface area contributed by atoms with Crippen LogP contribution in [0.5, 0.6) is 5.75 Å². The summed E-state index contributed by atoms with van der Waals surface area (Å²) in [5.74, 6) is 0.177. The summed E-state index contributed by atoms with van der Waals surface area (Å²) in [7, 11) is -11.2. The van der Waals surface area contributed by atoms with Gasteiger partial charge in [-0.2, -0.15) is 0 Å². The minimum atomic E-state index is -4.20. The van der Waals surface area contributed by atoms with E-state index in [1.807, 2.05) is 66.7 Å². The summed E-state index contributed by atoms with van der Waals surface area (Å²) in [5.41, 5.74) is 1.48. The van der Waals surface area contributed by atoms with Gasteiger partial charge in [-0.15, -0.1) is 0 Å². The van der Waals surface area contributed by atoms with E-state index in [-0.39, 0.29) is 34.4 Å². The molecule has 0 aromatic heterocycles. The molecule has 0 heterocycles. The maximum atomic E-state index is 14.0. The smallest absolute Gasteiger partial charge is 0.261 e. The quantitative estimate of drug-likeness (QED) is 0.0975. The number of hydrogen-bond acceptors (Lipinski definition) is 6. The molecule has 55 heavy (non-hydrogen) atoms. The van der Waals surface area contributed by atoms with Crippen molar-refractivity contribution in [3.63, 3.8) is 0 Å². The number of anilines is 1. The Hall–Kier alpha value is -3.97. The number of benzene rings is 5. The van der Waals surface area contributed by atoms with Gasteiger partial charge < -0.3 is 9.16 Å². The monoisotopic (exact) mass is 818 g/mol. The van der Waals surface area contributed by atoms with Crippen LogP contribution < -0.4 is 24.6 Å². The molecule has 5 rings (SSSR count). The van der Waals surface area contributed by atoms with Gasteiger partial charge in [0.15, 0.2) is 0 Å². The Balaban J connectivity index is 1.42. The molecule has 0 bridgehead atoms. The van der Waals surface area contributed by atoms with Gasteiger partial charge in [-0.1, -0.05) is 136 Å². The molecule has 0 aliphatic carbocycles. The topological polar surface area (TPSA) is 111 Å². The largest absolute Gasteiger partial charge is 0.493 e. The molecule has 0 saturated heterocycles. The molecule has 0 saturated carbocycles. The first kappa shape index (κ1) is 42.2. The number of halogens is 1. The van der Waals surface area contributed by atoms with Crippen LogP contribution in [-0.2, 0) is 43.9 Å². The normalized spacial score (nSPS) is 12.7. The summed E-state index contributed by atoms with van der Waals surface area (Å²) >= 11 is 6.28. The molecular weight excluding hydrogens is 768 g/mol. The highest BCUT2D eigenvalue weighted by Crippen LogP contribution is 2.38. The summed E-state index contributed by atoms with van der Waals surface area (Å²) in [6.45, 7) is 12.2. The van der Waals surface area contributed by atoms with Gasteiger partial charge in [0.2, 0.25) is 20.0 Å². The molecule has 0 aliphatic rings. The maximum Gasteiger partial charge on any atom is 0.261 e. The van der Waals surface area contributed by atoms with Crippen molar-refractivity contribution < 1.29 is 26.0 Å². The van der Waals surface area contributed by atoms with E-state index in [1.165, 1.54) is 12.1 Å². The molecule has 0 radical (unpaired) electrons. The number of aryl methyl sites for hydroxylation is 1. The summed E-state index contributed by atoms with van der Waals surface area (Å²) in [4.78, 5) is -0.189. The zero-order valence-corrected chi connectivity index (χ0v) is 35.7. The van der Waals surface area contributed by atoms with Crippen molar-refractivity contribution in [1.29, 1.82) is 0 Å². The Morgan fingerprint density at radius 2 is 1.25 bits per heavy atom. The zero-order chi connectivity index (χ0) is 39.9. The summed E-state index contributed by atoms with van der Waals surface area (Å²) in [5, 5.41) is 2.35. The Kier molecular flexibility index (Phi) is 13.4. The molecule has 2 N–H and O–H groups in total. The average molecular weight is 820 g/mol. The molecule has 0 fully saturated rings. The second-order valence-electron chi connectivity index (χ2n) is 15.6. The third-order valence-electron chi connectivity index (χ3n) is 9.07. The van der Waals surface area contributed by atoms with Crippen LogP contribution in [0.4, 0.5) is 5.69 Å². The van der Waals surface area contributed by atoms with Crippen LogP contribution in [0.3, 0.4) is 0 Å². The van der Waals surface area contributed by atoms with Gasteiger partial charge in [-0.25, -0.2) is 21.6 Å². The van der Waals surface area contributed by atoms with Gasteiger partial charge in [-0.3, -0.25) is 4.72 Å². The van der Waals surface area contributed by atoms with E-state index in [2.05, 4.69) is 54.5 Å². The van der Waals surface area contributed by atoms with Crippen molar-refractivity contribution in [2.75, 3.05) is 17.1 Å². The zero-order valence-electron chi connectivity index (χ0n) is 32.3. The summed E-state index contributed by atoms with van der Waals surface area (Å²) < 4.78 is 73.7. The van der Waals surface area contributed by atoms with Gasteiger partial charge in [-0.05, 0) is 83.6 Å². The van der Waals surface area contributed by atoms with E-state index in [0.29, 0.717) is 34.9 Å². The lowest BCUT2D eigenvalue weighted by Gasteiger charge is -2.43.